The highest BCUT2D eigenvalue weighted by molar-refractivity contribution is 7.16. The number of aromatic nitrogens is 2. The maximum Gasteiger partial charge on any atom is 0.146 e. The van der Waals surface area contributed by atoms with Crippen LogP contribution in [0.5, 0.6) is 0 Å². The number of thiophene rings is 1. The number of aliphatic hydroxyl groups is 1. The Labute approximate surface area is 123 Å². The van der Waals surface area contributed by atoms with Gasteiger partial charge in [0.1, 0.15) is 16.5 Å². The van der Waals surface area contributed by atoms with Crippen LogP contribution < -0.4 is 5.32 Å². The van der Waals surface area contributed by atoms with Crippen molar-refractivity contribution in [1.82, 2.24) is 14.9 Å². The van der Waals surface area contributed by atoms with Gasteiger partial charge in [-0.3, -0.25) is 4.90 Å². The molecule has 2 rings (SSSR count). The van der Waals surface area contributed by atoms with Gasteiger partial charge in [0.15, 0.2) is 0 Å². The third-order valence-corrected chi connectivity index (χ3v) is 3.84. The van der Waals surface area contributed by atoms with Gasteiger partial charge < -0.3 is 10.4 Å². The highest BCUT2D eigenvalue weighted by Crippen LogP contribution is 2.25. The molecule has 6 heteroatoms. The Bertz CT molecular complexity index is 537. The summed E-state index contributed by atoms with van der Waals surface area (Å²) in [6, 6.07) is 2.05. The fourth-order valence-corrected chi connectivity index (χ4v) is 2.98. The van der Waals surface area contributed by atoms with Crippen LogP contribution in [0.15, 0.2) is 11.4 Å². The number of fused-ring (bicyclic) bond motifs is 1. The lowest BCUT2D eigenvalue weighted by atomic mass is 10.3. The lowest BCUT2D eigenvalue weighted by Gasteiger charge is -2.19. The molecule has 110 valence electrons. The Morgan fingerprint density at radius 3 is 2.85 bits per heavy atom. The van der Waals surface area contributed by atoms with E-state index in [1.165, 1.54) is 0 Å². The Hall–Kier alpha value is -1.24. The van der Waals surface area contributed by atoms with Gasteiger partial charge >= 0.3 is 0 Å². The summed E-state index contributed by atoms with van der Waals surface area (Å²) < 4.78 is 0. The summed E-state index contributed by atoms with van der Waals surface area (Å²) in [4.78, 5) is 12.5. The normalized spacial score (nSPS) is 11.4. The molecule has 0 aliphatic rings. The number of hydrogen-bond acceptors (Lipinski definition) is 6. The molecule has 0 radical (unpaired) electrons. The average molecular weight is 294 g/mol. The van der Waals surface area contributed by atoms with Gasteiger partial charge in [0, 0.05) is 13.1 Å². The van der Waals surface area contributed by atoms with Gasteiger partial charge in [-0.1, -0.05) is 6.92 Å². The Balaban J connectivity index is 2.24. The molecule has 2 heterocycles. The van der Waals surface area contributed by atoms with Crippen LogP contribution in [0.25, 0.3) is 10.2 Å². The van der Waals surface area contributed by atoms with Crippen molar-refractivity contribution in [3.63, 3.8) is 0 Å². The van der Waals surface area contributed by atoms with Gasteiger partial charge in [-0.25, -0.2) is 9.97 Å². The zero-order valence-electron chi connectivity index (χ0n) is 12.1. The summed E-state index contributed by atoms with van der Waals surface area (Å²) >= 11 is 1.64. The van der Waals surface area contributed by atoms with Crippen molar-refractivity contribution in [2.45, 2.75) is 26.8 Å². The van der Waals surface area contributed by atoms with Crippen molar-refractivity contribution in [2.75, 3.05) is 31.6 Å². The molecule has 5 nitrogen and oxygen atoms in total. The van der Waals surface area contributed by atoms with Crippen LogP contribution in [0.3, 0.4) is 0 Å². The second kappa shape index (κ2) is 7.52. The van der Waals surface area contributed by atoms with Crippen LogP contribution in [-0.2, 0) is 6.54 Å². The largest absolute Gasteiger partial charge is 0.395 e. The van der Waals surface area contributed by atoms with E-state index in [0.29, 0.717) is 13.1 Å². The van der Waals surface area contributed by atoms with E-state index in [0.717, 1.165) is 41.4 Å². The molecule has 2 N–H and O–H groups in total. The topological polar surface area (TPSA) is 61.3 Å². The molecule has 0 bridgehead atoms. The number of nitrogens with zero attached hydrogens (tertiary/aromatic N) is 3. The third-order valence-electron chi connectivity index (χ3n) is 3.04. The van der Waals surface area contributed by atoms with Gasteiger partial charge in [-0.15, -0.1) is 11.3 Å². The third kappa shape index (κ3) is 3.65. The predicted octanol–water partition coefficient (Wildman–Crippen LogP) is 2.33. The van der Waals surface area contributed by atoms with Gasteiger partial charge in [-0.2, -0.15) is 0 Å². The van der Waals surface area contributed by atoms with Crippen LogP contribution >= 0.6 is 11.3 Å². The van der Waals surface area contributed by atoms with Crippen molar-refractivity contribution in [3.8, 4) is 0 Å². The summed E-state index contributed by atoms with van der Waals surface area (Å²) in [6.07, 6.45) is 1.06. The average Bonchev–Trinajstić information content (AvgIpc) is 2.88. The first-order valence-electron chi connectivity index (χ1n) is 7.09. The second-order valence-electron chi connectivity index (χ2n) is 4.66. The maximum absolute atomic E-state index is 9.13. The molecule has 0 aliphatic carbocycles. The molecule has 0 aromatic carbocycles. The standard InChI is InChI=1S/C14H22N4OS/c1-3-6-18(7-8-19)10-12-16-13(15-4-2)11-5-9-20-14(11)17-12/h5,9,19H,3-4,6-8,10H2,1-2H3,(H,15,16,17). The molecule has 2 aromatic rings. The molecular formula is C14H22N4OS. The summed E-state index contributed by atoms with van der Waals surface area (Å²) in [7, 11) is 0. The van der Waals surface area contributed by atoms with Crippen LogP contribution in [0, 0.1) is 0 Å². The van der Waals surface area contributed by atoms with E-state index in [1.54, 1.807) is 11.3 Å². The van der Waals surface area contributed by atoms with E-state index in [2.05, 4.69) is 40.1 Å². The summed E-state index contributed by atoms with van der Waals surface area (Å²) in [5.74, 6) is 1.73. The highest BCUT2D eigenvalue weighted by atomic mass is 32.1. The van der Waals surface area contributed by atoms with Crippen molar-refractivity contribution in [2.24, 2.45) is 0 Å². The first kappa shape index (κ1) is 15.2. The molecule has 2 aromatic heterocycles. The fourth-order valence-electron chi connectivity index (χ4n) is 2.20. The summed E-state index contributed by atoms with van der Waals surface area (Å²) in [5, 5.41) is 15.6. The fraction of sp³-hybridized carbons (Fsp3) is 0.571. The lowest BCUT2D eigenvalue weighted by Crippen LogP contribution is -2.28. The van der Waals surface area contributed by atoms with Crippen molar-refractivity contribution in [3.05, 3.63) is 17.3 Å². The van der Waals surface area contributed by atoms with Gasteiger partial charge in [0.25, 0.3) is 0 Å². The van der Waals surface area contributed by atoms with E-state index in [4.69, 9.17) is 5.11 Å². The molecule has 20 heavy (non-hydrogen) atoms. The Kier molecular flexibility index (Phi) is 5.70. The number of hydrogen-bond donors (Lipinski definition) is 2. The van der Waals surface area contributed by atoms with Gasteiger partial charge in [0.2, 0.25) is 0 Å². The van der Waals surface area contributed by atoms with Crippen LogP contribution in [0.1, 0.15) is 26.1 Å². The molecule has 0 saturated heterocycles. The molecule has 0 aliphatic heterocycles. The van der Waals surface area contributed by atoms with Crippen LogP contribution in [-0.4, -0.2) is 46.2 Å². The number of anilines is 1. The molecule has 0 unspecified atom stereocenters. The van der Waals surface area contributed by atoms with Crippen molar-refractivity contribution >= 4 is 27.4 Å². The minimum absolute atomic E-state index is 0.168. The second-order valence-corrected chi connectivity index (χ2v) is 5.55. The number of nitrogens with one attached hydrogen (secondary N) is 1. The SMILES string of the molecule is CCCN(CCO)Cc1nc(NCC)c2ccsc2n1. The zero-order valence-corrected chi connectivity index (χ0v) is 12.9. The predicted molar refractivity (Wildman–Crippen MR) is 84.2 cm³/mol. The Morgan fingerprint density at radius 2 is 2.15 bits per heavy atom. The summed E-state index contributed by atoms with van der Waals surface area (Å²) in [6.45, 7) is 7.50. The minimum atomic E-state index is 0.168. The van der Waals surface area contributed by atoms with Gasteiger partial charge in [-0.05, 0) is 31.3 Å². The smallest absolute Gasteiger partial charge is 0.146 e. The Morgan fingerprint density at radius 1 is 1.30 bits per heavy atom. The van der Waals surface area contributed by atoms with E-state index < -0.39 is 0 Å². The molecule has 0 atom stereocenters. The molecule has 0 fully saturated rings. The first-order valence-corrected chi connectivity index (χ1v) is 7.97. The maximum atomic E-state index is 9.13. The number of aliphatic hydroxyl groups excluding tert-OH is 1. The van der Waals surface area contributed by atoms with E-state index in [1.807, 2.05) is 5.38 Å². The van der Waals surface area contributed by atoms with E-state index >= 15 is 0 Å². The minimum Gasteiger partial charge on any atom is -0.395 e. The number of rotatable bonds is 8. The monoisotopic (exact) mass is 294 g/mol. The van der Waals surface area contributed by atoms with Crippen molar-refractivity contribution < 1.29 is 5.11 Å². The first-order chi connectivity index (χ1) is 9.78. The summed E-state index contributed by atoms with van der Waals surface area (Å²) in [5.41, 5.74) is 0. The van der Waals surface area contributed by atoms with E-state index in [-0.39, 0.29) is 6.61 Å². The quantitative estimate of drug-likeness (QED) is 0.782. The molecule has 0 spiro atoms. The van der Waals surface area contributed by atoms with E-state index in [9.17, 15) is 0 Å². The van der Waals surface area contributed by atoms with Crippen LogP contribution in [0.4, 0.5) is 5.82 Å². The zero-order chi connectivity index (χ0) is 14.4. The highest BCUT2D eigenvalue weighted by Gasteiger charge is 2.11. The van der Waals surface area contributed by atoms with Gasteiger partial charge in [0.05, 0.1) is 18.5 Å². The van der Waals surface area contributed by atoms with Crippen LogP contribution in [0.2, 0.25) is 0 Å². The molecule has 0 saturated carbocycles. The molecule has 0 amide bonds. The molecular weight excluding hydrogens is 272 g/mol. The van der Waals surface area contributed by atoms with Crippen molar-refractivity contribution in [1.29, 1.82) is 0 Å². The lowest BCUT2D eigenvalue weighted by molar-refractivity contribution is 0.187.